The number of nitrogens with one attached hydrogen (secondary N) is 1. The number of hydrogen-bond acceptors (Lipinski definition) is 4. The molecule has 0 unspecified atom stereocenters. The molecule has 4 heteroatoms. The third-order valence-electron chi connectivity index (χ3n) is 1.73. The van der Waals surface area contributed by atoms with Crippen LogP contribution in [0.2, 0.25) is 0 Å². The first-order valence-corrected chi connectivity index (χ1v) is 4.51. The van der Waals surface area contributed by atoms with E-state index in [-0.39, 0.29) is 6.10 Å². The van der Waals surface area contributed by atoms with E-state index in [1.807, 2.05) is 6.07 Å². The maximum Gasteiger partial charge on any atom is 0.142 e. The predicted octanol–water partition coefficient (Wildman–Crippen LogP) is 1.14. The molecule has 0 fully saturated rings. The smallest absolute Gasteiger partial charge is 0.142 e. The van der Waals surface area contributed by atoms with Gasteiger partial charge in [-0.25, -0.2) is 4.98 Å². The lowest BCUT2D eigenvalue weighted by Gasteiger charge is -2.06. The van der Waals surface area contributed by atoms with Crippen molar-refractivity contribution in [1.29, 1.82) is 5.26 Å². The van der Waals surface area contributed by atoms with E-state index in [9.17, 15) is 0 Å². The molecule has 1 heterocycles. The van der Waals surface area contributed by atoms with Crippen molar-refractivity contribution in [2.45, 2.75) is 19.4 Å². The zero-order valence-corrected chi connectivity index (χ0v) is 8.07. The van der Waals surface area contributed by atoms with E-state index >= 15 is 0 Å². The fourth-order valence-corrected chi connectivity index (χ4v) is 1.00. The molecule has 0 aliphatic carbocycles. The molecule has 1 atom stereocenters. The number of aromatic nitrogens is 1. The number of aliphatic hydroxyl groups excluding tert-OH is 1. The van der Waals surface area contributed by atoms with Crippen molar-refractivity contribution in [1.82, 2.24) is 4.98 Å². The van der Waals surface area contributed by atoms with Crippen LogP contribution in [0, 0.1) is 11.3 Å². The second-order valence-corrected chi connectivity index (χ2v) is 3.08. The van der Waals surface area contributed by atoms with Crippen LogP contribution in [0.3, 0.4) is 0 Å². The van der Waals surface area contributed by atoms with Crippen molar-refractivity contribution in [3.63, 3.8) is 0 Å². The lowest BCUT2D eigenvalue weighted by Crippen LogP contribution is -2.10. The van der Waals surface area contributed by atoms with Gasteiger partial charge in [-0.2, -0.15) is 5.26 Å². The highest BCUT2D eigenvalue weighted by Crippen LogP contribution is 2.04. The average Bonchev–Trinajstić information content (AvgIpc) is 2.18. The first kappa shape index (κ1) is 10.5. The minimum atomic E-state index is -0.318. The first-order valence-electron chi connectivity index (χ1n) is 4.51. The number of hydrogen-bond donors (Lipinski definition) is 2. The monoisotopic (exact) mass is 191 g/mol. The summed E-state index contributed by atoms with van der Waals surface area (Å²) in [6.45, 7) is 2.39. The lowest BCUT2D eigenvalue weighted by molar-refractivity contribution is 0.188. The summed E-state index contributed by atoms with van der Waals surface area (Å²) in [4.78, 5) is 4.03. The molecule has 4 nitrogen and oxygen atoms in total. The molecule has 0 bridgehead atoms. The Morgan fingerprint density at radius 1 is 1.64 bits per heavy atom. The Kier molecular flexibility index (Phi) is 3.89. The van der Waals surface area contributed by atoms with E-state index in [4.69, 9.17) is 10.4 Å². The molecule has 0 saturated carbocycles. The van der Waals surface area contributed by atoms with Gasteiger partial charge in [0.1, 0.15) is 17.6 Å². The van der Waals surface area contributed by atoms with Gasteiger partial charge in [0.2, 0.25) is 0 Å². The minimum Gasteiger partial charge on any atom is -0.393 e. The zero-order valence-electron chi connectivity index (χ0n) is 8.07. The van der Waals surface area contributed by atoms with Gasteiger partial charge in [0.05, 0.1) is 6.10 Å². The van der Waals surface area contributed by atoms with Crippen LogP contribution in [0.15, 0.2) is 18.2 Å². The second-order valence-electron chi connectivity index (χ2n) is 3.08. The van der Waals surface area contributed by atoms with Crippen LogP contribution in [-0.4, -0.2) is 22.7 Å². The fraction of sp³-hybridized carbons (Fsp3) is 0.400. The number of aliphatic hydroxyl groups is 1. The van der Waals surface area contributed by atoms with Crippen molar-refractivity contribution in [3.05, 3.63) is 23.9 Å². The van der Waals surface area contributed by atoms with Gasteiger partial charge in [-0.05, 0) is 25.5 Å². The largest absolute Gasteiger partial charge is 0.393 e. The lowest BCUT2D eigenvalue weighted by atomic mass is 10.3. The van der Waals surface area contributed by atoms with E-state index in [0.29, 0.717) is 24.5 Å². The Hall–Kier alpha value is -1.60. The standard InChI is InChI=1S/C10H13N3O/c1-8(14)5-6-12-10-4-2-3-9(7-11)13-10/h2-4,8,14H,5-6H2,1H3,(H,12,13)/t8-/m1/s1. The Morgan fingerprint density at radius 3 is 3.07 bits per heavy atom. The van der Waals surface area contributed by atoms with Crippen LogP contribution in [0.1, 0.15) is 19.0 Å². The minimum absolute atomic E-state index is 0.318. The maximum absolute atomic E-state index is 9.02. The summed E-state index contributed by atoms with van der Waals surface area (Å²) in [5, 5.41) is 20.6. The molecule has 0 aliphatic heterocycles. The van der Waals surface area contributed by atoms with Crippen molar-refractivity contribution in [3.8, 4) is 6.07 Å². The summed E-state index contributed by atoms with van der Waals surface area (Å²) >= 11 is 0. The molecule has 0 aromatic carbocycles. The highest BCUT2D eigenvalue weighted by Gasteiger charge is 1.97. The highest BCUT2D eigenvalue weighted by molar-refractivity contribution is 5.38. The molecule has 1 aromatic rings. The number of anilines is 1. The van der Waals surface area contributed by atoms with Gasteiger partial charge in [0, 0.05) is 6.54 Å². The Balaban J connectivity index is 2.47. The van der Waals surface area contributed by atoms with Crippen LogP contribution in [0.25, 0.3) is 0 Å². The Morgan fingerprint density at radius 2 is 2.43 bits per heavy atom. The van der Waals surface area contributed by atoms with Crippen LogP contribution in [0.5, 0.6) is 0 Å². The molecule has 14 heavy (non-hydrogen) atoms. The number of pyridine rings is 1. The SMILES string of the molecule is C[C@@H](O)CCNc1cccc(C#N)n1. The zero-order chi connectivity index (χ0) is 10.4. The van der Waals surface area contributed by atoms with Gasteiger partial charge in [0.15, 0.2) is 0 Å². The highest BCUT2D eigenvalue weighted by atomic mass is 16.3. The van der Waals surface area contributed by atoms with Crippen molar-refractivity contribution >= 4 is 5.82 Å². The molecule has 74 valence electrons. The van der Waals surface area contributed by atoms with Crippen LogP contribution in [-0.2, 0) is 0 Å². The fourth-order valence-electron chi connectivity index (χ4n) is 1.00. The Bertz CT molecular complexity index is 330. The van der Waals surface area contributed by atoms with Gasteiger partial charge in [0.25, 0.3) is 0 Å². The van der Waals surface area contributed by atoms with Crippen molar-refractivity contribution in [2.75, 3.05) is 11.9 Å². The van der Waals surface area contributed by atoms with Crippen molar-refractivity contribution in [2.24, 2.45) is 0 Å². The maximum atomic E-state index is 9.02. The first-order chi connectivity index (χ1) is 6.72. The summed E-state index contributed by atoms with van der Waals surface area (Å²) in [7, 11) is 0. The third kappa shape index (κ3) is 3.42. The topological polar surface area (TPSA) is 68.9 Å². The molecule has 2 N–H and O–H groups in total. The summed E-state index contributed by atoms with van der Waals surface area (Å²) in [5.41, 5.74) is 0.395. The van der Waals surface area contributed by atoms with E-state index in [1.54, 1.807) is 25.1 Å². The average molecular weight is 191 g/mol. The molecular weight excluding hydrogens is 178 g/mol. The van der Waals surface area contributed by atoms with E-state index in [1.165, 1.54) is 0 Å². The molecule has 0 spiro atoms. The number of nitrogens with zero attached hydrogens (tertiary/aromatic N) is 2. The molecule has 0 amide bonds. The van der Waals surface area contributed by atoms with Gasteiger partial charge in [-0.1, -0.05) is 6.07 Å². The van der Waals surface area contributed by atoms with Crippen LogP contribution in [0.4, 0.5) is 5.82 Å². The van der Waals surface area contributed by atoms with Crippen LogP contribution >= 0.6 is 0 Å². The van der Waals surface area contributed by atoms with Gasteiger partial charge < -0.3 is 10.4 Å². The van der Waals surface area contributed by atoms with E-state index in [0.717, 1.165) is 0 Å². The van der Waals surface area contributed by atoms with Gasteiger partial charge in [-0.3, -0.25) is 0 Å². The second kappa shape index (κ2) is 5.20. The van der Waals surface area contributed by atoms with Gasteiger partial charge >= 0.3 is 0 Å². The molecule has 0 radical (unpaired) electrons. The Labute approximate surface area is 83.2 Å². The summed E-state index contributed by atoms with van der Waals surface area (Å²) in [6.07, 6.45) is 0.347. The number of nitriles is 1. The molecule has 0 aliphatic rings. The molecule has 0 saturated heterocycles. The van der Waals surface area contributed by atoms with E-state index in [2.05, 4.69) is 10.3 Å². The van der Waals surface area contributed by atoms with Gasteiger partial charge in [-0.15, -0.1) is 0 Å². The molecule has 1 rings (SSSR count). The summed E-state index contributed by atoms with van der Waals surface area (Å²) in [5.74, 6) is 0.671. The van der Waals surface area contributed by atoms with E-state index < -0.39 is 0 Å². The number of rotatable bonds is 4. The summed E-state index contributed by atoms with van der Waals surface area (Å²) in [6, 6.07) is 7.19. The predicted molar refractivity (Wildman–Crippen MR) is 53.7 cm³/mol. The normalized spacial score (nSPS) is 11.8. The van der Waals surface area contributed by atoms with Crippen LogP contribution < -0.4 is 5.32 Å². The van der Waals surface area contributed by atoms with Crippen molar-refractivity contribution < 1.29 is 5.11 Å². The third-order valence-corrected chi connectivity index (χ3v) is 1.73. The quantitative estimate of drug-likeness (QED) is 0.748. The molecule has 1 aromatic heterocycles. The molecular formula is C10H13N3O. The summed E-state index contributed by atoms with van der Waals surface area (Å²) < 4.78 is 0.